The van der Waals surface area contributed by atoms with E-state index in [1.54, 1.807) is 17.8 Å². The summed E-state index contributed by atoms with van der Waals surface area (Å²) in [6.45, 7) is 7.59. The molecule has 1 N–H and O–H groups in total. The molecule has 0 saturated carbocycles. The fourth-order valence-corrected chi connectivity index (χ4v) is 4.61. The van der Waals surface area contributed by atoms with Crippen LogP contribution in [0.4, 0.5) is 11.4 Å². The van der Waals surface area contributed by atoms with E-state index in [0.717, 1.165) is 42.5 Å². The summed E-state index contributed by atoms with van der Waals surface area (Å²) in [5.74, 6) is 0.194. The Morgan fingerprint density at radius 2 is 2.00 bits per heavy atom. The maximum Gasteiger partial charge on any atom is 0.161 e. The number of anilines is 2. The van der Waals surface area contributed by atoms with Crippen LogP contribution in [0, 0.1) is 6.92 Å². The van der Waals surface area contributed by atoms with Gasteiger partial charge in [0.25, 0.3) is 0 Å². The Bertz CT molecular complexity index is 746. The topological polar surface area (TPSA) is 41.6 Å². The molecule has 23 heavy (non-hydrogen) atoms. The molecular formula is C18H20N2O2S. The van der Waals surface area contributed by atoms with Crippen LogP contribution < -0.4 is 10.2 Å². The summed E-state index contributed by atoms with van der Waals surface area (Å²) in [7, 11) is 0. The third-order valence-corrected chi connectivity index (χ3v) is 5.67. The van der Waals surface area contributed by atoms with Gasteiger partial charge in [-0.05, 0) is 43.2 Å². The van der Waals surface area contributed by atoms with Gasteiger partial charge in [-0.25, -0.2) is 0 Å². The van der Waals surface area contributed by atoms with E-state index in [1.165, 1.54) is 21.8 Å². The van der Waals surface area contributed by atoms with Gasteiger partial charge in [-0.15, -0.1) is 0 Å². The molecular weight excluding hydrogens is 308 g/mol. The molecule has 0 bridgehead atoms. The van der Waals surface area contributed by atoms with Crippen molar-refractivity contribution in [2.24, 2.45) is 0 Å². The van der Waals surface area contributed by atoms with Crippen LogP contribution in [0.3, 0.4) is 0 Å². The van der Waals surface area contributed by atoms with Gasteiger partial charge in [0.15, 0.2) is 5.78 Å². The predicted molar refractivity (Wildman–Crippen MR) is 94.1 cm³/mol. The number of carbonyl (C=O) groups is 1. The summed E-state index contributed by atoms with van der Waals surface area (Å²) in [5, 5.41) is 3.56. The van der Waals surface area contributed by atoms with E-state index < -0.39 is 0 Å². The van der Waals surface area contributed by atoms with Crippen LogP contribution in [0.15, 0.2) is 39.3 Å². The van der Waals surface area contributed by atoms with Gasteiger partial charge >= 0.3 is 0 Å². The van der Waals surface area contributed by atoms with E-state index in [2.05, 4.69) is 29.3 Å². The third-order valence-electron chi connectivity index (χ3n) is 4.53. The normalized spacial score (nSPS) is 20.7. The number of ketones is 1. The standard InChI is InChI=1S/C18H20N2O2S/c1-11-7-13(20-3-5-22-6-4-20)9-15-17(11)19-18-12(2)8-14(21)10-16(18)23-15/h7-9,19H,3-6,10H2,1-2H3. The molecule has 1 aliphatic carbocycles. The molecule has 2 aliphatic heterocycles. The van der Waals surface area contributed by atoms with E-state index in [0.29, 0.717) is 6.42 Å². The van der Waals surface area contributed by atoms with Crippen molar-refractivity contribution in [3.05, 3.63) is 39.9 Å². The van der Waals surface area contributed by atoms with Gasteiger partial charge in [0, 0.05) is 35.0 Å². The molecule has 5 heteroatoms. The second-order valence-electron chi connectivity index (χ2n) is 6.23. The van der Waals surface area contributed by atoms with Crippen LogP contribution in [0.2, 0.25) is 0 Å². The number of thioether (sulfide) groups is 1. The minimum Gasteiger partial charge on any atom is -0.378 e. The van der Waals surface area contributed by atoms with Gasteiger partial charge < -0.3 is 15.0 Å². The average Bonchev–Trinajstić information content (AvgIpc) is 2.54. The third kappa shape index (κ3) is 2.68. The van der Waals surface area contributed by atoms with Crippen LogP contribution in [-0.4, -0.2) is 32.1 Å². The lowest BCUT2D eigenvalue weighted by molar-refractivity contribution is -0.114. The summed E-state index contributed by atoms with van der Waals surface area (Å²) in [4.78, 5) is 16.6. The van der Waals surface area contributed by atoms with Crippen LogP contribution in [0.5, 0.6) is 0 Å². The fraction of sp³-hybridized carbons (Fsp3) is 0.389. The highest BCUT2D eigenvalue weighted by atomic mass is 32.2. The van der Waals surface area contributed by atoms with Crippen molar-refractivity contribution < 1.29 is 9.53 Å². The molecule has 0 atom stereocenters. The number of nitrogens with one attached hydrogen (secondary N) is 1. The van der Waals surface area contributed by atoms with E-state index in [9.17, 15) is 4.79 Å². The number of allylic oxidation sites excluding steroid dienone is 3. The van der Waals surface area contributed by atoms with Crippen LogP contribution in [0.25, 0.3) is 0 Å². The number of aryl methyl sites for hydroxylation is 1. The fourth-order valence-electron chi connectivity index (χ4n) is 3.33. The first-order chi connectivity index (χ1) is 11.1. The number of hydrogen-bond acceptors (Lipinski definition) is 5. The van der Waals surface area contributed by atoms with E-state index in [1.807, 2.05) is 6.92 Å². The number of benzene rings is 1. The Balaban J connectivity index is 1.70. The Hall–Kier alpha value is -1.72. The number of ether oxygens (including phenoxy) is 1. The van der Waals surface area contributed by atoms with E-state index in [4.69, 9.17) is 4.74 Å². The Kier molecular flexibility index (Phi) is 3.70. The zero-order valence-corrected chi connectivity index (χ0v) is 14.3. The lowest BCUT2D eigenvalue weighted by Gasteiger charge is -2.32. The maximum atomic E-state index is 11.8. The van der Waals surface area contributed by atoms with Crippen molar-refractivity contribution in [2.45, 2.75) is 25.2 Å². The summed E-state index contributed by atoms with van der Waals surface area (Å²) in [5.41, 5.74) is 5.81. The molecule has 1 fully saturated rings. The van der Waals surface area contributed by atoms with Crippen LogP contribution >= 0.6 is 11.8 Å². The molecule has 0 spiro atoms. The van der Waals surface area contributed by atoms with Crippen LogP contribution in [0.1, 0.15) is 18.9 Å². The van der Waals surface area contributed by atoms with Gasteiger partial charge in [0.05, 0.1) is 24.6 Å². The number of hydrogen-bond donors (Lipinski definition) is 1. The largest absolute Gasteiger partial charge is 0.378 e. The second kappa shape index (κ2) is 5.73. The van der Waals surface area contributed by atoms with Gasteiger partial charge in [0.2, 0.25) is 0 Å². The van der Waals surface area contributed by atoms with Crippen molar-refractivity contribution >= 4 is 28.9 Å². The van der Waals surface area contributed by atoms with Crippen LogP contribution in [-0.2, 0) is 9.53 Å². The first-order valence-corrected chi connectivity index (χ1v) is 8.80. The van der Waals surface area contributed by atoms with Crippen molar-refractivity contribution in [2.75, 3.05) is 36.5 Å². The average molecular weight is 328 g/mol. The van der Waals surface area contributed by atoms with Gasteiger partial charge in [-0.3, -0.25) is 4.79 Å². The summed E-state index contributed by atoms with van der Waals surface area (Å²) < 4.78 is 5.45. The quantitative estimate of drug-likeness (QED) is 0.855. The Morgan fingerprint density at radius 1 is 1.22 bits per heavy atom. The smallest absolute Gasteiger partial charge is 0.161 e. The zero-order chi connectivity index (χ0) is 16.0. The highest BCUT2D eigenvalue weighted by molar-refractivity contribution is 8.03. The predicted octanol–water partition coefficient (Wildman–Crippen LogP) is 3.48. The Morgan fingerprint density at radius 3 is 2.78 bits per heavy atom. The summed E-state index contributed by atoms with van der Waals surface area (Å²) in [6, 6.07) is 4.49. The first-order valence-electron chi connectivity index (χ1n) is 7.98. The molecule has 4 rings (SSSR count). The molecule has 1 saturated heterocycles. The van der Waals surface area contributed by atoms with Gasteiger partial charge in [-0.1, -0.05) is 11.8 Å². The number of fused-ring (bicyclic) bond motifs is 1. The number of rotatable bonds is 1. The van der Waals surface area contributed by atoms with Crippen molar-refractivity contribution in [1.29, 1.82) is 0 Å². The lowest BCUT2D eigenvalue weighted by Crippen LogP contribution is -2.36. The molecule has 1 aromatic carbocycles. The number of nitrogens with zero attached hydrogens (tertiary/aromatic N) is 1. The highest BCUT2D eigenvalue weighted by Gasteiger charge is 2.26. The minimum absolute atomic E-state index is 0.194. The Labute approximate surface area is 140 Å². The molecule has 0 amide bonds. The first kappa shape index (κ1) is 14.8. The zero-order valence-electron chi connectivity index (χ0n) is 13.4. The molecule has 0 aromatic heterocycles. The molecule has 4 nitrogen and oxygen atoms in total. The SMILES string of the molecule is CC1=CC(=O)CC2=C1Nc1c(C)cc(N3CCOCC3)cc1S2. The molecule has 2 heterocycles. The highest BCUT2D eigenvalue weighted by Crippen LogP contribution is 2.47. The lowest BCUT2D eigenvalue weighted by atomic mass is 10.0. The van der Waals surface area contributed by atoms with Crippen molar-refractivity contribution in [3.63, 3.8) is 0 Å². The van der Waals surface area contributed by atoms with E-state index >= 15 is 0 Å². The number of morpholine rings is 1. The second-order valence-corrected chi connectivity index (χ2v) is 7.37. The van der Waals surface area contributed by atoms with Crippen molar-refractivity contribution in [3.8, 4) is 0 Å². The van der Waals surface area contributed by atoms with Gasteiger partial charge in [0.1, 0.15) is 0 Å². The minimum atomic E-state index is 0.194. The molecule has 1 aromatic rings. The van der Waals surface area contributed by atoms with Crippen molar-refractivity contribution in [1.82, 2.24) is 0 Å². The number of carbonyl (C=O) groups excluding carboxylic acids is 1. The molecule has 0 radical (unpaired) electrons. The molecule has 3 aliphatic rings. The molecule has 120 valence electrons. The van der Waals surface area contributed by atoms with E-state index in [-0.39, 0.29) is 5.78 Å². The molecule has 0 unspecified atom stereocenters. The maximum absolute atomic E-state index is 11.8. The monoisotopic (exact) mass is 328 g/mol. The summed E-state index contributed by atoms with van der Waals surface area (Å²) in [6.07, 6.45) is 2.25. The summed E-state index contributed by atoms with van der Waals surface area (Å²) >= 11 is 1.74. The van der Waals surface area contributed by atoms with Gasteiger partial charge in [-0.2, -0.15) is 0 Å².